The van der Waals surface area contributed by atoms with Crippen LogP contribution in [0.3, 0.4) is 0 Å². The quantitative estimate of drug-likeness (QED) is 0.381. The van der Waals surface area contributed by atoms with E-state index in [9.17, 15) is 9.59 Å². The summed E-state index contributed by atoms with van der Waals surface area (Å²) in [5, 5.41) is 15.4. The number of carbonyl (C=O) groups excluding carboxylic acids is 2. The summed E-state index contributed by atoms with van der Waals surface area (Å²) in [6.45, 7) is 0.110. The monoisotopic (exact) mass is 506 g/mol. The van der Waals surface area contributed by atoms with E-state index in [1.165, 1.54) is 11.3 Å². The molecule has 10 heteroatoms. The van der Waals surface area contributed by atoms with Crippen LogP contribution in [0.5, 0.6) is 11.5 Å². The lowest BCUT2D eigenvalue weighted by atomic mass is 10.0. The fourth-order valence-electron chi connectivity index (χ4n) is 3.51. The Kier molecular flexibility index (Phi) is 6.60. The predicted octanol–water partition coefficient (Wildman–Crippen LogP) is 4.57. The Bertz CT molecular complexity index is 1360. The summed E-state index contributed by atoms with van der Waals surface area (Å²) >= 11 is 7.18. The highest BCUT2D eigenvalue weighted by atomic mass is 35.5. The highest BCUT2D eigenvalue weighted by Crippen LogP contribution is 2.32. The second-order valence-electron chi connectivity index (χ2n) is 7.69. The number of hydrogen-bond acceptors (Lipinski definition) is 7. The number of ether oxygens (including phenoxy) is 2. The van der Waals surface area contributed by atoms with Crippen molar-refractivity contribution in [1.29, 1.82) is 0 Å². The van der Waals surface area contributed by atoms with E-state index in [4.69, 9.17) is 21.1 Å². The normalized spacial score (nSPS) is 12.7. The largest absolute Gasteiger partial charge is 0.454 e. The van der Waals surface area contributed by atoms with Crippen LogP contribution in [0.1, 0.15) is 15.9 Å². The van der Waals surface area contributed by atoms with E-state index in [-0.39, 0.29) is 6.79 Å². The van der Waals surface area contributed by atoms with Crippen LogP contribution in [0.4, 0.5) is 5.13 Å². The van der Waals surface area contributed by atoms with Crippen LogP contribution in [0.2, 0.25) is 5.02 Å². The maximum absolute atomic E-state index is 13.2. The number of hydrogen-bond donors (Lipinski definition) is 2. The molecule has 2 heterocycles. The molecule has 4 aromatic rings. The fraction of sp³-hybridized carbons (Fsp3) is 0.120. The van der Waals surface area contributed by atoms with Crippen molar-refractivity contribution in [1.82, 2.24) is 15.5 Å². The minimum atomic E-state index is -0.849. The molecule has 176 valence electrons. The van der Waals surface area contributed by atoms with Crippen LogP contribution in [0, 0.1) is 0 Å². The zero-order valence-electron chi connectivity index (χ0n) is 18.2. The van der Waals surface area contributed by atoms with E-state index in [0.717, 1.165) is 11.1 Å². The summed E-state index contributed by atoms with van der Waals surface area (Å²) in [5.74, 6) is 0.262. The Morgan fingerprint density at radius 3 is 2.54 bits per heavy atom. The van der Waals surface area contributed by atoms with Gasteiger partial charge in [0.1, 0.15) is 11.0 Å². The summed E-state index contributed by atoms with van der Waals surface area (Å²) in [7, 11) is 0. The number of aromatic nitrogens is 2. The van der Waals surface area contributed by atoms with Crippen molar-refractivity contribution in [3.05, 3.63) is 88.9 Å². The molecule has 0 unspecified atom stereocenters. The first-order valence-corrected chi connectivity index (χ1v) is 11.9. The SMILES string of the molecule is O=C(N[C@@H](Cc1ccccc1)C(=O)Nc1nnc(-c2ccc(Cl)cc2)s1)c1ccc2c(c1)OCO2. The Morgan fingerprint density at radius 1 is 0.971 bits per heavy atom. The molecule has 2 amide bonds. The number of nitrogens with one attached hydrogen (secondary N) is 2. The summed E-state index contributed by atoms with van der Waals surface area (Å²) < 4.78 is 10.7. The third-order valence-corrected chi connectivity index (χ3v) is 6.43. The highest BCUT2D eigenvalue weighted by molar-refractivity contribution is 7.18. The number of halogens is 1. The van der Waals surface area contributed by atoms with Crippen LogP contribution < -0.4 is 20.1 Å². The molecule has 0 bridgehead atoms. The van der Waals surface area contributed by atoms with Gasteiger partial charge in [-0.15, -0.1) is 10.2 Å². The lowest BCUT2D eigenvalue weighted by molar-refractivity contribution is -0.118. The number of carbonyl (C=O) groups is 2. The third-order valence-electron chi connectivity index (χ3n) is 5.29. The first kappa shape index (κ1) is 22.8. The van der Waals surface area contributed by atoms with Gasteiger partial charge in [0.05, 0.1) is 0 Å². The molecule has 1 aromatic heterocycles. The summed E-state index contributed by atoms with van der Waals surface area (Å²) in [4.78, 5) is 26.2. The first-order valence-electron chi connectivity index (χ1n) is 10.7. The van der Waals surface area contributed by atoms with Gasteiger partial charge in [-0.25, -0.2) is 0 Å². The number of fused-ring (bicyclic) bond motifs is 1. The molecule has 0 saturated heterocycles. The van der Waals surface area contributed by atoms with E-state index >= 15 is 0 Å². The molecular formula is C25H19ClN4O4S. The van der Waals surface area contributed by atoms with Crippen molar-refractivity contribution < 1.29 is 19.1 Å². The fourth-order valence-corrected chi connectivity index (χ4v) is 4.39. The Morgan fingerprint density at radius 2 is 1.74 bits per heavy atom. The maximum Gasteiger partial charge on any atom is 0.252 e. The molecule has 5 rings (SSSR count). The zero-order chi connectivity index (χ0) is 24.2. The Labute approximate surface area is 209 Å². The molecule has 0 aliphatic carbocycles. The van der Waals surface area contributed by atoms with Crippen molar-refractivity contribution in [2.75, 3.05) is 12.1 Å². The topological polar surface area (TPSA) is 102 Å². The van der Waals surface area contributed by atoms with Gasteiger partial charge in [-0.1, -0.05) is 65.4 Å². The Hall–Kier alpha value is -3.95. The van der Waals surface area contributed by atoms with Gasteiger partial charge in [-0.05, 0) is 35.9 Å². The number of benzene rings is 3. The second kappa shape index (κ2) is 10.1. The van der Waals surface area contributed by atoms with Crippen LogP contribution in [-0.4, -0.2) is 34.8 Å². The van der Waals surface area contributed by atoms with Gasteiger partial charge in [0.15, 0.2) is 11.5 Å². The molecule has 0 fully saturated rings. The van der Waals surface area contributed by atoms with Crippen molar-refractivity contribution in [2.24, 2.45) is 0 Å². The van der Waals surface area contributed by atoms with Crippen LogP contribution >= 0.6 is 22.9 Å². The minimum absolute atomic E-state index is 0.110. The minimum Gasteiger partial charge on any atom is -0.454 e. The predicted molar refractivity (Wildman–Crippen MR) is 133 cm³/mol. The number of anilines is 1. The molecule has 8 nitrogen and oxygen atoms in total. The van der Waals surface area contributed by atoms with E-state index in [0.29, 0.717) is 38.6 Å². The molecule has 1 atom stereocenters. The van der Waals surface area contributed by atoms with E-state index in [1.54, 1.807) is 30.3 Å². The molecule has 0 spiro atoms. The molecule has 0 radical (unpaired) electrons. The van der Waals surface area contributed by atoms with Gasteiger partial charge in [0, 0.05) is 22.6 Å². The summed E-state index contributed by atoms with van der Waals surface area (Å²) in [6.07, 6.45) is 0.297. The molecule has 1 aliphatic rings. The van der Waals surface area contributed by atoms with Crippen molar-refractivity contribution in [3.8, 4) is 22.1 Å². The average Bonchev–Trinajstić information content (AvgIpc) is 3.54. The van der Waals surface area contributed by atoms with Gasteiger partial charge < -0.3 is 14.8 Å². The van der Waals surface area contributed by atoms with E-state index in [2.05, 4.69) is 20.8 Å². The van der Waals surface area contributed by atoms with Gasteiger partial charge in [-0.2, -0.15) is 0 Å². The van der Waals surface area contributed by atoms with E-state index in [1.807, 2.05) is 42.5 Å². The lowest BCUT2D eigenvalue weighted by Gasteiger charge is -2.18. The van der Waals surface area contributed by atoms with Crippen LogP contribution in [-0.2, 0) is 11.2 Å². The summed E-state index contributed by atoms with van der Waals surface area (Å²) in [5.41, 5.74) is 2.10. The second-order valence-corrected chi connectivity index (χ2v) is 9.11. The maximum atomic E-state index is 13.2. The third kappa shape index (κ3) is 5.42. The van der Waals surface area contributed by atoms with Crippen molar-refractivity contribution in [2.45, 2.75) is 12.5 Å². The van der Waals surface area contributed by atoms with Gasteiger partial charge in [0.2, 0.25) is 17.8 Å². The van der Waals surface area contributed by atoms with Crippen LogP contribution in [0.15, 0.2) is 72.8 Å². The number of amides is 2. The standard InChI is InChI=1S/C25H19ClN4O4S/c26-18-9-6-16(7-10-18)24-29-30-25(35-24)28-23(32)19(12-15-4-2-1-3-5-15)27-22(31)17-8-11-20-21(13-17)34-14-33-20/h1-11,13,19H,12,14H2,(H,27,31)(H,28,30,32)/t19-/m0/s1. The van der Waals surface area contributed by atoms with Gasteiger partial charge in [0.25, 0.3) is 5.91 Å². The summed E-state index contributed by atoms with van der Waals surface area (Å²) in [6, 6.07) is 20.7. The lowest BCUT2D eigenvalue weighted by Crippen LogP contribution is -2.45. The highest BCUT2D eigenvalue weighted by Gasteiger charge is 2.24. The first-order chi connectivity index (χ1) is 17.0. The molecule has 1 aliphatic heterocycles. The average molecular weight is 507 g/mol. The molecule has 0 saturated carbocycles. The molecular weight excluding hydrogens is 488 g/mol. The van der Waals surface area contributed by atoms with Gasteiger partial charge >= 0.3 is 0 Å². The van der Waals surface area contributed by atoms with E-state index < -0.39 is 17.9 Å². The smallest absolute Gasteiger partial charge is 0.252 e. The van der Waals surface area contributed by atoms with Crippen LogP contribution in [0.25, 0.3) is 10.6 Å². The zero-order valence-corrected chi connectivity index (χ0v) is 19.8. The number of rotatable bonds is 7. The van der Waals surface area contributed by atoms with Crippen molar-refractivity contribution in [3.63, 3.8) is 0 Å². The Balaban J connectivity index is 1.33. The molecule has 2 N–H and O–H groups in total. The molecule has 3 aromatic carbocycles. The van der Waals surface area contributed by atoms with Crippen molar-refractivity contribution >= 4 is 39.9 Å². The van der Waals surface area contributed by atoms with Gasteiger partial charge in [-0.3, -0.25) is 14.9 Å². The number of nitrogens with zero attached hydrogens (tertiary/aromatic N) is 2. The molecule has 35 heavy (non-hydrogen) atoms.